The minimum atomic E-state index is -4.88. The zero-order valence-electron chi connectivity index (χ0n) is 22.7. The number of ether oxygens (including phenoxy) is 2. The maximum atomic E-state index is 12.9. The highest BCUT2D eigenvalue weighted by Gasteiger charge is 2.35. The summed E-state index contributed by atoms with van der Waals surface area (Å²) in [5.74, 6) is -0.351. The van der Waals surface area contributed by atoms with Gasteiger partial charge in [0.05, 0.1) is 28.9 Å². The van der Waals surface area contributed by atoms with Crippen molar-refractivity contribution in [2.45, 2.75) is 53.1 Å². The average molecular weight is 580 g/mol. The minimum absolute atomic E-state index is 0.0234. The van der Waals surface area contributed by atoms with E-state index in [4.69, 9.17) is 32.5 Å². The number of hydrogen-bond donors (Lipinski definition) is 4. The molecule has 0 fully saturated rings. The average Bonchev–Trinajstić information content (AvgIpc) is 3.14. The van der Waals surface area contributed by atoms with Crippen molar-refractivity contribution in [2.75, 3.05) is 17.7 Å². The maximum absolute atomic E-state index is 12.9. The number of nitrogens with zero attached hydrogens (tertiary/aromatic N) is 1. The molecule has 0 aliphatic heterocycles. The molecule has 0 saturated heterocycles. The van der Waals surface area contributed by atoms with Gasteiger partial charge in [0, 0.05) is 6.20 Å². The molecule has 2 aromatic carbocycles. The fourth-order valence-corrected chi connectivity index (χ4v) is 4.07. The molecule has 3 rings (SSSR count). The van der Waals surface area contributed by atoms with Crippen LogP contribution in [0.15, 0.2) is 53.1 Å². The van der Waals surface area contributed by atoms with E-state index in [0.717, 1.165) is 0 Å². The first kappa shape index (κ1) is 30.5. The van der Waals surface area contributed by atoms with Crippen molar-refractivity contribution in [3.63, 3.8) is 0 Å². The summed E-state index contributed by atoms with van der Waals surface area (Å²) in [6, 6.07) is 10.6. The van der Waals surface area contributed by atoms with E-state index in [1.165, 1.54) is 18.2 Å². The number of benzene rings is 2. The number of aryl methyl sites for hydroxylation is 1. The number of halogens is 3. The highest BCUT2D eigenvalue weighted by molar-refractivity contribution is 7.80. The molecular weight excluding hydrogens is 547 g/mol. The number of carbonyl (C=O) groups excluding carboxylic acids is 1. The van der Waals surface area contributed by atoms with E-state index >= 15 is 0 Å². The van der Waals surface area contributed by atoms with Gasteiger partial charge in [0.1, 0.15) is 18.1 Å². The molecule has 9 nitrogen and oxygen atoms in total. The van der Waals surface area contributed by atoms with Gasteiger partial charge in [-0.15, -0.1) is 13.2 Å². The number of nitrogen functional groups attached to an aromatic ring is 1. The second kappa shape index (κ2) is 11.6. The number of aromatic nitrogens is 1. The van der Waals surface area contributed by atoms with Gasteiger partial charge < -0.3 is 30.3 Å². The van der Waals surface area contributed by atoms with E-state index in [9.17, 15) is 18.0 Å². The van der Waals surface area contributed by atoms with Crippen LogP contribution in [0.25, 0.3) is 0 Å². The van der Waals surface area contributed by atoms with Crippen molar-refractivity contribution >= 4 is 34.7 Å². The molecule has 0 saturated carbocycles. The summed E-state index contributed by atoms with van der Waals surface area (Å²) in [4.78, 5) is 12.5. The lowest BCUT2D eigenvalue weighted by molar-refractivity contribution is -0.274. The van der Waals surface area contributed by atoms with Crippen LogP contribution >= 0.6 is 12.2 Å². The van der Waals surface area contributed by atoms with Crippen LogP contribution in [-0.2, 0) is 21.6 Å². The molecule has 0 spiro atoms. The zero-order chi connectivity index (χ0) is 29.9. The van der Waals surface area contributed by atoms with Gasteiger partial charge in [-0.2, -0.15) is 0 Å². The summed E-state index contributed by atoms with van der Waals surface area (Å²) in [7, 11) is 0. The number of hydrogen-bond acceptors (Lipinski definition) is 7. The summed E-state index contributed by atoms with van der Waals surface area (Å²) < 4.78 is 55.1. The fraction of sp³-hybridized carbons (Fsp3) is 0.370. The minimum Gasteiger partial charge on any atom is -0.462 e. The Bertz CT molecular complexity index is 1440. The molecule has 1 heterocycles. The number of nitrogens with one attached hydrogen (secondary N) is 3. The molecule has 5 N–H and O–H groups in total. The summed E-state index contributed by atoms with van der Waals surface area (Å²) in [6.07, 6.45) is -3.19. The largest absolute Gasteiger partial charge is 0.573 e. The summed E-state index contributed by atoms with van der Waals surface area (Å²) in [5, 5.41) is 14.1. The van der Waals surface area contributed by atoms with Crippen molar-refractivity contribution in [1.29, 1.82) is 5.41 Å². The van der Waals surface area contributed by atoms with Crippen LogP contribution in [0.1, 0.15) is 44.6 Å². The second-order valence-electron chi connectivity index (χ2n) is 10.5. The predicted octanol–water partition coefficient (Wildman–Crippen LogP) is 5.19. The van der Waals surface area contributed by atoms with Gasteiger partial charge >= 0.3 is 12.3 Å². The van der Waals surface area contributed by atoms with Crippen molar-refractivity contribution in [3.05, 3.63) is 71.2 Å². The number of esters is 1. The standard InChI is InChI=1S/C27H32F3N5O4S/c1-16-13-35(23(32)38-16)14-17-8-6-11-20(21(17)31)33-24(40)34-26(5,15-37-22(36)25(2,3)4)18-9-7-10-19(12-18)39-27(28,29)30/h6-13,32H,14-15,31H2,1-5H3,(H2,33,34,40). The number of alkyl halides is 3. The number of rotatable bonds is 8. The number of para-hydroxylation sites is 1. The van der Waals surface area contributed by atoms with Crippen molar-refractivity contribution in [3.8, 4) is 5.75 Å². The third-order valence-corrected chi connectivity index (χ3v) is 6.04. The fourth-order valence-electron chi connectivity index (χ4n) is 3.73. The quantitative estimate of drug-likeness (QED) is 0.163. The zero-order valence-corrected chi connectivity index (χ0v) is 23.5. The van der Waals surface area contributed by atoms with Gasteiger partial charge in [-0.1, -0.05) is 24.3 Å². The van der Waals surface area contributed by atoms with E-state index in [1.807, 2.05) is 0 Å². The van der Waals surface area contributed by atoms with Crippen LogP contribution in [0.5, 0.6) is 5.75 Å². The Balaban J connectivity index is 1.87. The molecule has 0 aliphatic carbocycles. The molecular formula is C27H32F3N5O4S. The van der Waals surface area contributed by atoms with Crippen LogP contribution in [0, 0.1) is 17.7 Å². The Morgan fingerprint density at radius 3 is 2.42 bits per heavy atom. The number of oxazole rings is 1. The Labute approximate surface area is 235 Å². The number of anilines is 2. The van der Waals surface area contributed by atoms with Crippen LogP contribution in [0.4, 0.5) is 24.5 Å². The molecule has 40 heavy (non-hydrogen) atoms. The topological polar surface area (TPSA) is 128 Å². The molecule has 13 heteroatoms. The van der Waals surface area contributed by atoms with E-state index in [1.54, 1.807) is 69.6 Å². The van der Waals surface area contributed by atoms with Gasteiger partial charge in [-0.25, -0.2) is 0 Å². The molecule has 0 aliphatic rings. The molecule has 0 radical (unpaired) electrons. The molecule has 3 aromatic rings. The van der Waals surface area contributed by atoms with Crippen LogP contribution in [0.3, 0.4) is 0 Å². The monoisotopic (exact) mass is 579 g/mol. The Kier molecular flexibility index (Phi) is 8.87. The Morgan fingerprint density at radius 2 is 1.82 bits per heavy atom. The van der Waals surface area contributed by atoms with E-state index in [2.05, 4.69) is 15.4 Å². The highest BCUT2D eigenvalue weighted by atomic mass is 32.1. The van der Waals surface area contributed by atoms with Gasteiger partial charge in [-0.05, 0) is 76.2 Å². The number of thiocarbonyl (C=S) groups is 1. The molecule has 1 aromatic heterocycles. The molecule has 1 atom stereocenters. The lowest BCUT2D eigenvalue weighted by Crippen LogP contribution is -2.49. The maximum Gasteiger partial charge on any atom is 0.573 e. The van der Waals surface area contributed by atoms with Gasteiger partial charge in [0.25, 0.3) is 5.68 Å². The first-order chi connectivity index (χ1) is 18.5. The van der Waals surface area contributed by atoms with Gasteiger partial charge in [0.15, 0.2) is 5.11 Å². The lowest BCUT2D eigenvalue weighted by Gasteiger charge is -2.33. The first-order valence-corrected chi connectivity index (χ1v) is 12.6. The summed E-state index contributed by atoms with van der Waals surface area (Å²) in [6.45, 7) is 8.46. The van der Waals surface area contributed by atoms with Crippen molar-refractivity contribution in [2.24, 2.45) is 5.41 Å². The Hall–Kier alpha value is -4.00. The Morgan fingerprint density at radius 1 is 1.15 bits per heavy atom. The highest BCUT2D eigenvalue weighted by Crippen LogP contribution is 2.30. The van der Waals surface area contributed by atoms with Crippen LogP contribution in [-0.4, -0.2) is 28.6 Å². The van der Waals surface area contributed by atoms with Gasteiger partial charge in [-0.3, -0.25) is 14.8 Å². The van der Waals surface area contributed by atoms with Crippen molar-refractivity contribution < 1.29 is 31.9 Å². The SMILES string of the molecule is Cc1cn(Cc2cccc(NC(=S)NC(C)(COC(=O)C(C)(C)C)c3cccc(OC(F)(F)F)c3)c2N)c(=N)o1. The smallest absolute Gasteiger partial charge is 0.462 e. The second-order valence-corrected chi connectivity index (χ2v) is 10.9. The predicted molar refractivity (Wildman–Crippen MR) is 147 cm³/mol. The van der Waals surface area contributed by atoms with Gasteiger partial charge in [0.2, 0.25) is 0 Å². The molecule has 0 amide bonds. The van der Waals surface area contributed by atoms with Crippen molar-refractivity contribution in [1.82, 2.24) is 9.88 Å². The van der Waals surface area contributed by atoms with E-state index in [-0.39, 0.29) is 23.9 Å². The molecule has 0 bridgehead atoms. The first-order valence-electron chi connectivity index (χ1n) is 12.2. The van der Waals surface area contributed by atoms with E-state index in [0.29, 0.717) is 28.3 Å². The summed E-state index contributed by atoms with van der Waals surface area (Å²) in [5.41, 5.74) is 6.17. The van der Waals surface area contributed by atoms with E-state index < -0.39 is 29.0 Å². The lowest BCUT2D eigenvalue weighted by atomic mass is 9.92. The summed E-state index contributed by atoms with van der Waals surface area (Å²) >= 11 is 5.53. The normalized spacial score (nSPS) is 13.3. The number of carbonyl (C=O) groups is 1. The third-order valence-electron chi connectivity index (χ3n) is 5.84. The molecule has 1 unspecified atom stereocenters. The number of nitrogens with two attached hydrogens (primary N) is 1. The van der Waals surface area contributed by atoms with Crippen LogP contribution in [0.2, 0.25) is 0 Å². The molecule has 216 valence electrons. The third kappa shape index (κ3) is 8.01. The van der Waals surface area contributed by atoms with Crippen LogP contribution < -0.4 is 26.8 Å².